The average molecular weight is 263 g/mol. The fourth-order valence-electron chi connectivity index (χ4n) is 5.24. The fourth-order valence-corrected chi connectivity index (χ4v) is 5.24. The summed E-state index contributed by atoms with van der Waals surface area (Å²) in [7, 11) is 0. The highest BCUT2D eigenvalue weighted by Gasteiger charge is 2.53. The molecule has 4 nitrogen and oxygen atoms in total. The lowest BCUT2D eigenvalue weighted by Crippen LogP contribution is -2.54. The van der Waals surface area contributed by atoms with Crippen molar-refractivity contribution in [3.8, 4) is 0 Å². The number of carbonyl (C=O) groups is 2. The minimum absolute atomic E-state index is 0.0604. The van der Waals surface area contributed by atoms with Crippen LogP contribution in [0.4, 0.5) is 4.79 Å². The van der Waals surface area contributed by atoms with E-state index in [1.165, 1.54) is 24.2 Å². The number of amides is 2. The Balaban J connectivity index is 1.50. The molecule has 0 aromatic rings. The Morgan fingerprint density at radius 2 is 1.68 bits per heavy atom. The van der Waals surface area contributed by atoms with E-state index in [4.69, 9.17) is 4.74 Å². The van der Waals surface area contributed by atoms with Gasteiger partial charge in [-0.15, -0.1) is 0 Å². The van der Waals surface area contributed by atoms with Crippen molar-refractivity contribution < 1.29 is 14.3 Å². The number of carbonyl (C=O) groups excluding carboxylic acids is 2. The zero-order valence-electron chi connectivity index (χ0n) is 11.3. The van der Waals surface area contributed by atoms with Crippen LogP contribution in [0.15, 0.2) is 0 Å². The number of nitrogens with zero attached hydrogens (tertiary/aromatic N) is 1. The maximum absolute atomic E-state index is 12.2. The van der Waals surface area contributed by atoms with Crippen molar-refractivity contribution >= 4 is 12.0 Å². The second kappa shape index (κ2) is 3.97. The Morgan fingerprint density at radius 1 is 1.11 bits per heavy atom. The molecule has 4 saturated carbocycles. The molecule has 0 radical (unpaired) electrons. The van der Waals surface area contributed by atoms with Crippen LogP contribution in [-0.2, 0) is 9.53 Å². The Labute approximate surface area is 113 Å². The summed E-state index contributed by atoms with van der Waals surface area (Å²) in [5.74, 6) is 2.21. The van der Waals surface area contributed by atoms with Crippen molar-refractivity contribution in [2.45, 2.75) is 57.0 Å². The minimum atomic E-state index is -0.371. The zero-order valence-corrected chi connectivity index (χ0v) is 11.3. The summed E-state index contributed by atoms with van der Waals surface area (Å²) in [6.07, 6.45) is 8.01. The van der Waals surface area contributed by atoms with E-state index in [0.717, 1.165) is 43.4 Å². The molecule has 2 amide bonds. The summed E-state index contributed by atoms with van der Waals surface area (Å²) in [5, 5.41) is 0. The molecule has 0 N–H and O–H groups in total. The number of imide groups is 1. The van der Waals surface area contributed by atoms with Crippen LogP contribution in [-0.4, -0.2) is 29.0 Å². The van der Waals surface area contributed by atoms with Gasteiger partial charge in [-0.05, 0) is 62.7 Å². The van der Waals surface area contributed by atoms with E-state index in [-0.39, 0.29) is 17.6 Å². The molecule has 0 atom stereocenters. The van der Waals surface area contributed by atoms with Crippen LogP contribution >= 0.6 is 0 Å². The highest BCUT2D eigenvalue weighted by Crippen LogP contribution is 2.57. The second-order valence-corrected chi connectivity index (χ2v) is 7.12. The van der Waals surface area contributed by atoms with E-state index in [9.17, 15) is 9.59 Å². The average Bonchev–Trinajstić information content (AvgIpc) is 2.72. The van der Waals surface area contributed by atoms with Gasteiger partial charge >= 0.3 is 6.09 Å². The van der Waals surface area contributed by atoms with Crippen molar-refractivity contribution in [2.75, 3.05) is 6.54 Å². The maximum Gasteiger partial charge on any atom is 0.417 e. The summed E-state index contributed by atoms with van der Waals surface area (Å²) < 4.78 is 5.87. The largest absolute Gasteiger partial charge is 0.442 e. The molecular weight excluding hydrogens is 242 g/mol. The Bertz CT molecular complexity index is 396. The SMILES string of the molecule is O=C1CCCN1C(=O)OC12CC3CC(CC(C3)C1)C2. The number of hydrogen-bond donors (Lipinski definition) is 0. The van der Waals surface area contributed by atoms with Gasteiger partial charge in [-0.2, -0.15) is 0 Å². The van der Waals surface area contributed by atoms with E-state index >= 15 is 0 Å². The number of ether oxygens (including phenoxy) is 1. The molecule has 4 heteroatoms. The molecule has 5 aliphatic rings. The Hall–Kier alpha value is -1.06. The molecule has 5 fully saturated rings. The molecule has 4 bridgehead atoms. The van der Waals surface area contributed by atoms with Crippen molar-refractivity contribution in [1.82, 2.24) is 4.90 Å². The third-order valence-electron chi connectivity index (χ3n) is 5.58. The smallest absolute Gasteiger partial charge is 0.417 e. The lowest BCUT2D eigenvalue weighted by Gasteiger charge is -2.55. The summed E-state index contributed by atoms with van der Waals surface area (Å²) in [6.45, 7) is 0.546. The van der Waals surface area contributed by atoms with E-state index in [0.29, 0.717) is 13.0 Å². The molecule has 0 spiro atoms. The van der Waals surface area contributed by atoms with Gasteiger partial charge in [0.1, 0.15) is 5.60 Å². The molecule has 1 heterocycles. The zero-order chi connectivity index (χ0) is 13.0. The fraction of sp³-hybridized carbons (Fsp3) is 0.867. The summed E-state index contributed by atoms with van der Waals surface area (Å²) in [4.78, 5) is 25.2. The normalized spacial score (nSPS) is 43.9. The lowest BCUT2D eigenvalue weighted by atomic mass is 9.54. The van der Waals surface area contributed by atoms with Crippen molar-refractivity contribution in [3.63, 3.8) is 0 Å². The van der Waals surface area contributed by atoms with Gasteiger partial charge in [-0.3, -0.25) is 4.79 Å². The van der Waals surface area contributed by atoms with Crippen LogP contribution in [0, 0.1) is 17.8 Å². The number of rotatable bonds is 1. The molecular formula is C15H21NO3. The van der Waals surface area contributed by atoms with E-state index < -0.39 is 0 Å². The molecule has 4 aliphatic carbocycles. The highest BCUT2D eigenvalue weighted by atomic mass is 16.6. The molecule has 19 heavy (non-hydrogen) atoms. The number of likely N-dealkylation sites (tertiary alicyclic amines) is 1. The van der Waals surface area contributed by atoms with Crippen LogP contribution in [0.25, 0.3) is 0 Å². The third kappa shape index (κ3) is 1.87. The Kier molecular flexibility index (Phi) is 2.45. The minimum Gasteiger partial charge on any atom is -0.442 e. The van der Waals surface area contributed by atoms with Crippen molar-refractivity contribution in [3.05, 3.63) is 0 Å². The lowest BCUT2D eigenvalue weighted by molar-refractivity contribution is -0.141. The van der Waals surface area contributed by atoms with Crippen molar-refractivity contribution in [2.24, 2.45) is 17.8 Å². The molecule has 5 rings (SSSR count). The monoisotopic (exact) mass is 263 g/mol. The molecule has 1 aliphatic heterocycles. The first-order valence-corrected chi connectivity index (χ1v) is 7.67. The van der Waals surface area contributed by atoms with Gasteiger partial charge in [0.05, 0.1) is 0 Å². The summed E-state index contributed by atoms with van der Waals surface area (Å²) in [6, 6.07) is 0. The van der Waals surface area contributed by atoms with Crippen LogP contribution in [0.3, 0.4) is 0 Å². The predicted molar refractivity (Wildman–Crippen MR) is 68.3 cm³/mol. The van der Waals surface area contributed by atoms with Gasteiger partial charge in [-0.1, -0.05) is 0 Å². The van der Waals surface area contributed by atoms with Gasteiger partial charge in [0.2, 0.25) is 5.91 Å². The van der Waals surface area contributed by atoms with Crippen LogP contribution < -0.4 is 0 Å². The summed E-state index contributed by atoms with van der Waals surface area (Å²) >= 11 is 0. The Morgan fingerprint density at radius 3 is 2.16 bits per heavy atom. The molecule has 0 aromatic carbocycles. The summed E-state index contributed by atoms with van der Waals surface area (Å²) in [5.41, 5.74) is -0.227. The topological polar surface area (TPSA) is 46.6 Å². The predicted octanol–water partition coefficient (Wildman–Crippen LogP) is 2.71. The second-order valence-electron chi connectivity index (χ2n) is 7.12. The van der Waals surface area contributed by atoms with Gasteiger partial charge in [0.15, 0.2) is 0 Å². The van der Waals surface area contributed by atoms with Gasteiger partial charge in [-0.25, -0.2) is 9.69 Å². The molecule has 0 aromatic heterocycles. The molecule has 104 valence electrons. The van der Waals surface area contributed by atoms with Gasteiger partial charge in [0, 0.05) is 13.0 Å². The first kappa shape index (κ1) is 11.7. The quantitative estimate of drug-likeness (QED) is 0.730. The standard InChI is InChI=1S/C15H21NO3/c17-13-2-1-3-16(13)14(18)19-15-7-10-4-11(8-15)6-12(5-10)9-15/h10-12H,1-9H2. The van der Waals surface area contributed by atoms with Crippen molar-refractivity contribution in [1.29, 1.82) is 0 Å². The highest BCUT2D eigenvalue weighted by molar-refractivity contribution is 5.93. The van der Waals surface area contributed by atoms with Gasteiger partial charge < -0.3 is 4.74 Å². The first-order valence-electron chi connectivity index (χ1n) is 7.67. The van der Waals surface area contributed by atoms with E-state index in [2.05, 4.69) is 0 Å². The third-order valence-corrected chi connectivity index (χ3v) is 5.58. The molecule has 1 saturated heterocycles. The van der Waals surface area contributed by atoms with Crippen LogP contribution in [0.1, 0.15) is 51.4 Å². The van der Waals surface area contributed by atoms with E-state index in [1.54, 1.807) is 0 Å². The van der Waals surface area contributed by atoms with Gasteiger partial charge in [0.25, 0.3) is 0 Å². The first-order chi connectivity index (χ1) is 9.13. The molecule has 0 unspecified atom stereocenters. The maximum atomic E-state index is 12.2. The van der Waals surface area contributed by atoms with Crippen LogP contribution in [0.2, 0.25) is 0 Å². The van der Waals surface area contributed by atoms with E-state index in [1.807, 2.05) is 0 Å². The number of hydrogen-bond acceptors (Lipinski definition) is 3. The van der Waals surface area contributed by atoms with Crippen LogP contribution in [0.5, 0.6) is 0 Å².